The highest BCUT2D eigenvalue weighted by Gasteiger charge is 2.17. The van der Waals surface area contributed by atoms with E-state index in [1.807, 2.05) is 0 Å². The zero-order chi connectivity index (χ0) is 14.8. The van der Waals surface area contributed by atoms with E-state index in [1.54, 1.807) is 30.3 Å². The number of benzene rings is 2. The molecule has 1 heterocycles. The van der Waals surface area contributed by atoms with Gasteiger partial charge in [0.05, 0.1) is 6.26 Å². The standard InChI is InChI=1S/C17H10ClFO2/c18-12-5-8-14(16-2-1-9-21-16)15(10-12)17(20)11-3-6-13(19)7-4-11/h1-10H. The van der Waals surface area contributed by atoms with Gasteiger partial charge in [-0.3, -0.25) is 4.79 Å². The van der Waals surface area contributed by atoms with Crippen LogP contribution in [0.3, 0.4) is 0 Å². The van der Waals surface area contributed by atoms with Crippen molar-refractivity contribution in [2.24, 2.45) is 0 Å². The lowest BCUT2D eigenvalue weighted by Crippen LogP contribution is -2.03. The Bertz CT molecular complexity index is 777. The summed E-state index contributed by atoms with van der Waals surface area (Å²) < 4.78 is 18.3. The van der Waals surface area contributed by atoms with Crippen molar-refractivity contribution in [3.05, 3.63) is 82.8 Å². The van der Waals surface area contributed by atoms with Crippen molar-refractivity contribution in [3.63, 3.8) is 0 Å². The summed E-state index contributed by atoms with van der Waals surface area (Å²) >= 11 is 5.99. The van der Waals surface area contributed by atoms with Crippen molar-refractivity contribution in [1.29, 1.82) is 0 Å². The molecule has 0 bridgehead atoms. The van der Waals surface area contributed by atoms with Crippen LogP contribution in [0.2, 0.25) is 5.02 Å². The van der Waals surface area contributed by atoms with E-state index in [0.29, 0.717) is 27.5 Å². The second-order valence-corrected chi connectivity index (χ2v) is 4.94. The molecule has 3 aromatic rings. The van der Waals surface area contributed by atoms with Gasteiger partial charge in [-0.05, 0) is 54.6 Å². The van der Waals surface area contributed by atoms with E-state index < -0.39 is 0 Å². The first-order valence-corrected chi connectivity index (χ1v) is 6.66. The number of rotatable bonds is 3. The average Bonchev–Trinajstić information content (AvgIpc) is 3.01. The van der Waals surface area contributed by atoms with E-state index in [4.69, 9.17) is 16.0 Å². The fraction of sp³-hybridized carbons (Fsp3) is 0. The molecule has 3 rings (SSSR count). The van der Waals surface area contributed by atoms with E-state index in [9.17, 15) is 9.18 Å². The minimum Gasteiger partial charge on any atom is -0.464 e. The first-order chi connectivity index (χ1) is 10.1. The fourth-order valence-corrected chi connectivity index (χ4v) is 2.28. The molecule has 2 nitrogen and oxygen atoms in total. The predicted octanol–water partition coefficient (Wildman–Crippen LogP) is 4.97. The quantitative estimate of drug-likeness (QED) is 0.639. The minimum absolute atomic E-state index is 0.232. The Labute approximate surface area is 125 Å². The van der Waals surface area contributed by atoms with E-state index in [0.717, 1.165) is 0 Å². The molecular formula is C17H10ClFO2. The summed E-state index contributed by atoms with van der Waals surface area (Å²) in [5, 5.41) is 0.454. The summed E-state index contributed by atoms with van der Waals surface area (Å²) in [6, 6.07) is 13.9. The van der Waals surface area contributed by atoms with E-state index in [-0.39, 0.29) is 11.6 Å². The molecule has 0 unspecified atom stereocenters. The minimum atomic E-state index is -0.385. The van der Waals surface area contributed by atoms with E-state index >= 15 is 0 Å². The molecule has 4 heteroatoms. The maximum Gasteiger partial charge on any atom is 0.193 e. The Balaban J connectivity index is 2.11. The Morgan fingerprint density at radius 2 is 1.81 bits per heavy atom. The lowest BCUT2D eigenvalue weighted by molar-refractivity contribution is 0.103. The van der Waals surface area contributed by atoms with Crippen molar-refractivity contribution in [1.82, 2.24) is 0 Å². The number of hydrogen-bond acceptors (Lipinski definition) is 2. The predicted molar refractivity (Wildman–Crippen MR) is 79.0 cm³/mol. The summed E-state index contributed by atoms with van der Waals surface area (Å²) in [7, 11) is 0. The van der Waals surface area contributed by atoms with Gasteiger partial charge in [0.2, 0.25) is 0 Å². The zero-order valence-corrected chi connectivity index (χ0v) is 11.6. The van der Waals surface area contributed by atoms with Crippen LogP contribution in [0.25, 0.3) is 11.3 Å². The second-order valence-electron chi connectivity index (χ2n) is 4.50. The highest BCUT2D eigenvalue weighted by atomic mass is 35.5. The van der Waals surface area contributed by atoms with Crippen LogP contribution >= 0.6 is 11.6 Å². The summed E-state index contributed by atoms with van der Waals surface area (Å²) in [6.07, 6.45) is 1.54. The number of ketones is 1. The first-order valence-electron chi connectivity index (χ1n) is 6.29. The van der Waals surface area contributed by atoms with Gasteiger partial charge in [0, 0.05) is 21.7 Å². The van der Waals surface area contributed by atoms with E-state index in [2.05, 4.69) is 0 Å². The molecule has 0 aliphatic carbocycles. The molecule has 0 amide bonds. The Morgan fingerprint density at radius 1 is 1.05 bits per heavy atom. The van der Waals surface area contributed by atoms with Crippen molar-refractivity contribution < 1.29 is 13.6 Å². The first kappa shape index (κ1) is 13.6. The molecule has 1 aromatic heterocycles. The van der Waals surface area contributed by atoms with Gasteiger partial charge in [0.25, 0.3) is 0 Å². The van der Waals surface area contributed by atoms with Gasteiger partial charge >= 0.3 is 0 Å². The molecular weight excluding hydrogens is 291 g/mol. The zero-order valence-electron chi connectivity index (χ0n) is 10.8. The molecule has 0 spiro atoms. The molecule has 0 radical (unpaired) electrons. The molecule has 0 saturated heterocycles. The Hall–Kier alpha value is -2.39. The van der Waals surface area contributed by atoms with Crippen LogP contribution in [-0.4, -0.2) is 5.78 Å². The number of carbonyl (C=O) groups is 1. The summed E-state index contributed by atoms with van der Waals surface area (Å²) in [5.41, 5.74) is 1.47. The van der Waals surface area contributed by atoms with Crippen molar-refractivity contribution in [2.75, 3.05) is 0 Å². The van der Waals surface area contributed by atoms with Crippen LogP contribution in [-0.2, 0) is 0 Å². The maximum atomic E-state index is 13.0. The number of furan rings is 1. The smallest absolute Gasteiger partial charge is 0.193 e. The fourth-order valence-electron chi connectivity index (χ4n) is 2.11. The number of hydrogen-bond donors (Lipinski definition) is 0. The molecule has 0 saturated carbocycles. The summed E-state index contributed by atoms with van der Waals surface area (Å²) in [4.78, 5) is 12.6. The Morgan fingerprint density at radius 3 is 2.48 bits per heavy atom. The summed E-state index contributed by atoms with van der Waals surface area (Å²) in [6.45, 7) is 0. The molecule has 2 aromatic carbocycles. The average molecular weight is 301 g/mol. The van der Waals surface area contributed by atoms with Crippen molar-refractivity contribution in [2.45, 2.75) is 0 Å². The monoisotopic (exact) mass is 300 g/mol. The highest BCUT2D eigenvalue weighted by Crippen LogP contribution is 2.28. The molecule has 21 heavy (non-hydrogen) atoms. The van der Waals surface area contributed by atoms with Crippen molar-refractivity contribution in [3.8, 4) is 11.3 Å². The van der Waals surface area contributed by atoms with Gasteiger partial charge in [0.1, 0.15) is 11.6 Å². The summed E-state index contributed by atoms with van der Waals surface area (Å²) in [5.74, 6) is -0.0371. The molecule has 0 aliphatic heterocycles. The lowest BCUT2D eigenvalue weighted by Gasteiger charge is -2.07. The molecule has 104 valence electrons. The highest BCUT2D eigenvalue weighted by molar-refractivity contribution is 6.31. The van der Waals surface area contributed by atoms with Crippen LogP contribution in [0.1, 0.15) is 15.9 Å². The molecule has 0 aliphatic rings. The van der Waals surface area contributed by atoms with Crippen molar-refractivity contribution >= 4 is 17.4 Å². The number of halogens is 2. The van der Waals surface area contributed by atoms with Gasteiger partial charge in [-0.1, -0.05) is 11.6 Å². The van der Waals surface area contributed by atoms with Crippen LogP contribution in [0.5, 0.6) is 0 Å². The lowest BCUT2D eigenvalue weighted by atomic mass is 9.97. The van der Waals surface area contributed by atoms with Gasteiger partial charge in [-0.25, -0.2) is 4.39 Å². The van der Waals surface area contributed by atoms with Gasteiger partial charge < -0.3 is 4.42 Å². The third-order valence-corrected chi connectivity index (χ3v) is 3.35. The topological polar surface area (TPSA) is 30.2 Å². The molecule has 0 atom stereocenters. The van der Waals surface area contributed by atoms with Gasteiger partial charge in [-0.2, -0.15) is 0 Å². The number of carbonyl (C=O) groups excluding carboxylic acids is 1. The maximum absolute atomic E-state index is 13.0. The second kappa shape index (κ2) is 5.54. The molecule has 0 N–H and O–H groups in total. The van der Waals surface area contributed by atoms with Crippen LogP contribution in [0.15, 0.2) is 65.3 Å². The largest absolute Gasteiger partial charge is 0.464 e. The van der Waals surface area contributed by atoms with Crippen LogP contribution < -0.4 is 0 Å². The Kier molecular flexibility index (Phi) is 3.59. The van der Waals surface area contributed by atoms with Crippen LogP contribution in [0.4, 0.5) is 4.39 Å². The van der Waals surface area contributed by atoms with E-state index in [1.165, 1.54) is 30.5 Å². The third kappa shape index (κ3) is 2.73. The third-order valence-electron chi connectivity index (χ3n) is 3.12. The van der Waals surface area contributed by atoms with Crippen LogP contribution in [0, 0.1) is 5.82 Å². The normalized spacial score (nSPS) is 10.6. The molecule has 0 fully saturated rings. The van der Waals surface area contributed by atoms with Gasteiger partial charge in [0.15, 0.2) is 5.78 Å². The van der Waals surface area contributed by atoms with Gasteiger partial charge in [-0.15, -0.1) is 0 Å². The SMILES string of the molecule is O=C(c1ccc(F)cc1)c1cc(Cl)ccc1-c1ccco1.